The molecule has 5 heteroatoms. The number of ether oxygens (including phenoxy) is 1. The lowest BCUT2D eigenvalue weighted by Crippen LogP contribution is -2.45. The highest BCUT2D eigenvalue weighted by atomic mass is 16.5. The summed E-state index contributed by atoms with van der Waals surface area (Å²) in [5, 5.41) is 5.76. The van der Waals surface area contributed by atoms with Gasteiger partial charge in [-0.1, -0.05) is 29.8 Å². The van der Waals surface area contributed by atoms with Gasteiger partial charge in [0, 0.05) is 13.7 Å². The van der Waals surface area contributed by atoms with Crippen molar-refractivity contribution in [2.45, 2.75) is 25.9 Å². The van der Waals surface area contributed by atoms with Crippen LogP contribution in [-0.2, 0) is 4.74 Å². The fraction of sp³-hybridized carbons (Fsp3) is 0.562. The predicted molar refractivity (Wildman–Crippen MR) is 85.5 cm³/mol. The normalized spacial score (nSPS) is 13.8. The Morgan fingerprint density at radius 2 is 1.90 bits per heavy atom. The number of urea groups is 1. The zero-order valence-electron chi connectivity index (χ0n) is 13.6. The molecule has 0 aliphatic rings. The highest BCUT2D eigenvalue weighted by molar-refractivity contribution is 5.74. The van der Waals surface area contributed by atoms with E-state index in [1.807, 2.05) is 21.0 Å². The molecule has 2 N–H and O–H groups in total. The fourth-order valence-electron chi connectivity index (χ4n) is 2.14. The van der Waals surface area contributed by atoms with Gasteiger partial charge in [0.2, 0.25) is 0 Å². The Morgan fingerprint density at radius 3 is 2.43 bits per heavy atom. The SMILES string of the molecule is COCC(C)NC(=O)NCC(c1ccc(C)cc1)N(C)C. The Bertz CT molecular complexity index is 432. The maximum Gasteiger partial charge on any atom is 0.315 e. The number of nitrogens with one attached hydrogen (secondary N) is 2. The van der Waals surface area contributed by atoms with Crippen molar-refractivity contribution in [1.82, 2.24) is 15.5 Å². The minimum Gasteiger partial charge on any atom is -0.383 e. The number of nitrogens with zero attached hydrogens (tertiary/aromatic N) is 1. The van der Waals surface area contributed by atoms with Crippen LogP contribution < -0.4 is 10.6 Å². The molecule has 2 amide bonds. The highest BCUT2D eigenvalue weighted by Gasteiger charge is 2.15. The van der Waals surface area contributed by atoms with Gasteiger partial charge in [-0.2, -0.15) is 0 Å². The Balaban J connectivity index is 2.56. The first-order valence-corrected chi connectivity index (χ1v) is 7.20. The van der Waals surface area contributed by atoms with Crippen LogP contribution in [0.3, 0.4) is 0 Å². The highest BCUT2D eigenvalue weighted by Crippen LogP contribution is 2.17. The second-order valence-corrected chi connectivity index (χ2v) is 5.60. The largest absolute Gasteiger partial charge is 0.383 e. The molecule has 1 aromatic carbocycles. The first-order chi connectivity index (χ1) is 9.93. The van der Waals surface area contributed by atoms with Crippen molar-refractivity contribution < 1.29 is 9.53 Å². The number of benzene rings is 1. The van der Waals surface area contributed by atoms with Crippen LogP contribution >= 0.6 is 0 Å². The topological polar surface area (TPSA) is 53.6 Å². The van der Waals surface area contributed by atoms with Crippen LogP contribution in [0.1, 0.15) is 24.1 Å². The average Bonchev–Trinajstić information content (AvgIpc) is 2.40. The lowest BCUT2D eigenvalue weighted by atomic mass is 10.0. The zero-order valence-corrected chi connectivity index (χ0v) is 13.6. The van der Waals surface area contributed by atoms with Gasteiger partial charge in [0.25, 0.3) is 0 Å². The van der Waals surface area contributed by atoms with E-state index in [-0.39, 0.29) is 18.1 Å². The molecule has 0 aliphatic heterocycles. The molecule has 0 bridgehead atoms. The number of methoxy groups -OCH3 is 1. The van der Waals surface area contributed by atoms with Gasteiger partial charge in [-0.25, -0.2) is 4.79 Å². The third kappa shape index (κ3) is 6.14. The Hall–Kier alpha value is -1.59. The van der Waals surface area contributed by atoms with Crippen molar-refractivity contribution in [3.05, 3.63) is 35.4 Å². The molecular formula is C16H27N3O2. The molecule has 0 radical (unpaired) electrons. The standard InChI is InChI=1S/C16H27N3O2/c1-12-6-8-14(9-7-12)15(19(3)4)10-17-16(20)18-13(2)11-21-5/h6-9,13,15H,10-11H2,1-5H3,(H2,17,18,20). The van der Waals surface area contributed by atoms with E-state index in [0.717, 1.165) is 0 Å². The van der Waals surface area contributed by atoms with E-state index >= 15 is 0 Å². The maximum atomic E-state index is 11.8. The third-order valence-electron chi connectivity index (χ3n) is 3.34. The summed E-state index contributed by atoms with van der Waals surface area (Å²) in [4.78, 5) is 13.9. The van der Waals surface area contributed by atoms with E-state index in [4.69, 9.17) is 4.74 Å². The van der Waals surface area contributed by atoms with Crippen molar-refractivity contribution in [1.29, 1.82) is 0 Å². The molecule has 0 saturated carbocycles. The van der Waals surface area contributed by atoms with Crippen LogP contribution in [0.2, 0.25) is 0 Å². The molecule has 0 aromatic heterocycles. The summed E-state index contributed by atoms with van der Waals surface area (Å²) in [5.74, 6) is 0. The molecule has 0 heterocycles. The third-order valence-corrected chi connectivity index (χ3v) is 3.34. The molecule has 5 nitrogen and oxygen atoms in total. The molecule has 0 fully saturated rings. The summed E-state index contributed by atoms with van der Waals surface area (Å²) in [6, 6.07) is 8.36. The first-order valence-electron chi connectivity index (χ1n) is 7.20. The smallest absolute Gasteiger partial charge is 0.315 e. The predicted octanol–water partition coefficient (Wildman–Crippen LogP) is 1.93. The van der Waals surface area contributed by atoms with Gasteiger partial charge < -0.3 is 20.3 Å². The van der Waals surface area contributed by atoms with Crippen molar-refractivity contribution in [3.63, 3.8) is 0 Å². The molecule has 118 valence electrons. The van der Waals surface area contributed by atoms with Crippen molar-refractivity contribution in [3.8, 4) is 0 Å². The maximum absolute atomic E-state index is 11.8. The van der Waals surface area contributed by atoms with Crippen LogP contribution in [0.4, 0.5) is 4.79 Å². The molecule has 21 heavy (non-hydrogen) atoms. The van der Waals surface area contributed by atoms with Crippen LogP contribution in [-0.4, -0.2) is 51.3 Å². The van der Waals surface area contributed by atoms with Gasteiger partial charge >= 0.3 is 6.03 Å². The molecule has 2 atom stereocenters. The second-order valence-electron chi connectivity index (χ2n) is 5.60. The van der Waals surface area contributed by atoms with Crippen LogP contribution in [0.15, 0.2) is 24.3 Å². The molecular weight excluding hydrogens is 266 g/mol. The number of aryl methyl sites for hydroxylation is 1. The Kier molecular flexibility index (Phi) is 7.19. The number of rotatable bonds is 7. The molecule has 0 saturated heterocycles. The number of carbonyl (C=O) groups excluding carboxylic acids is 1. The van der Waals surface area contributed by atoms with Crippen LogP contribution in [0.25, 0.3) is 0 Å². The van der Waals surface area contributed by atoms with Gasteiger partial charge in [0.05, 0.1) is 18.7 Å². The van der Waals surface area contributed by atoms with E-state index in [0.29, 0.717) is 13.2 Å². The van der Waals surface area contributed by atoms with Crippen LogP contribution in [0, 0.1) is 6.92 Å². The summed E-state index contributed by atoms with van der Waals surface area (Å²) < 4.78 is 5.00. The van der Waals surface area contributed by atoms with Gasteiger partial charge in [0.15, 0.2) is 0 Å². The van der Waals surface area contributed by atoms with Crippen molar-refractivity contribution in [2.75, 3.05) is 34.4 Å². The fourth-order valence-corrected chi connectivity index (χ4v) is 2.14. The van der Waals surface area contributed by atoms with E-state index in [2.05, 4.69) is 46.7 Å². The lowest BCUT2D eigenvalue weighted by Gasteiger charge is -2.25. The number of carbonyl (C=O) groups is 1. The lowest BCUT2D eigenvalue weighted by molar-refractivity contribution is 0.170. The Labute approximate surface area is 127 Å². The minimum absolute atomic E-state index is 0.00724. The summed E-state index contributed by atoms with van der Waals surface area (Å²) in [6.07, 6.45) is 0. The molecule has 0 aliphatic carbocycles. The van der Waals surface area contributed by atoms with E-state index < -0.39 is 0 Å². The summed E-state index contributed by atoms with van der Waals surface area (Å²) in [7, 11) is 5.64. The van der Waals surface area contributed by atoms with Gasteiger partial charge in [-0.05, 0) is 33.5 Å². The number of hydrogen-bond donors (Lipinski definition) is 2. The number of hydrogen-bond acceptors (Lipinski definition) is 3. The van der Waals surface area contributed by atoms with Gasteiger partial charge in [0.1, 0.15) is 0 Å². The van der Waals surface area contributed by atoms with Gasteiger partial charge in [-0.3, -0.25) is 0 Å². The summed E-state index contributed by atoms with van der Waals surface area (Å²) in [6.45, 7) is 5.04. The van der Waals surface area contributed by atoms with Crippen LogP contribution in [0.5, 0.6) is 0 Å². The van der Waals surface area contributed by atoms with E-state index in [9.17, 15) is 4.79 Å². The monoisotopic (exact) mass is 293 g/mol. The number of likely N-dealkylation sites (N-methyl/N-ethyl adjacent to an activating group) is 1. The van der Waals surface area contributed by atoms with E-state index in [1.54, 1.807) is 7.11 Å². The summed E-state index contributed by atoms with van der Waals surface area (Å²) >= 11 is 0. The zero-order chi connectivity index (χ0) is 15.8. The van der Waals surface area contributed by atoms with Gasteiger partial charge in [-0.15, -0.1) is 0 Å². The minimum atomic E-state index is -0.168. The molecule has 2 unspecified atom stereocenters. The quantitative estimate of drug-likeness (QED) is 0.808. The second kappa shape index (κ2) is 8.64. The number of amides is 2. The first kappa shape index (κ1) is 17.5. The van der Waals surface area contributed by atoms with Crippen molar-refractivity contribution >= 4 is 6.03 Å². The van der Waals surface area contributed by atoms with Crippen molar-refractivity contribution in [2.24, 2.45) is 0 Å². The Morgan fingerprint density at radius 1 is 1.29 bits per heavy atom. The molecule has 1 rings (SSSR count). The van der Waals surface area contributed by atoms with E-state index in [1.165, 1.54) is 11.1 Å². The molecule has 1 aromatic rings. The summed E-state index contributed by atoms with van der Waals surface area (Å²) in [5.41, 5.74) is 2.42. The molecule has 0 spiro atoms. The average molecular weight is 293 g/mol.